The number of amides is 1. The minimum atomic E-state index is -0.656. The summed E-state index contributed by atoms with van der Waals surface area (Å²) in [5.41, 5.74) is 0.965. The molecule has 3 rings (SSSR count). The summed E-state index contributed by atoms with van der Waals surface area (Å²) in [6, 6.07) is 12.0. The maximum atomic E-state index is 12.0. The van der Waals surface area contributed by atoms with Gasteiger partial charge in [-0.25, -0.2) is 9.78 Å². The molecule has 0 fully saturated rings. The molecular weight excluding hydrogens is 376 g/mol. The molecule has 0 atom stereocenters. The standard InChI is InChI=1S/C18H15ClN2O4S/c1-2-24-11-7-8-14-15(9-11)26-18(20-14)21-16(22)10-25-17(23)12-5-3-4-6-13(12)19/h3-9H,2,10H2,1H3,(H,20,21,22). The average molecular weight is 391 g/mol. The van der Waals surface area contributed by atoms with Crippen LogP contribution in [-0.2, 0) is 9.53 Å². The highest BCUT2D eigenvalue weighted by Gasteiger charge is 2.14. The first kappa shape index (κ1) is 18.2. The normalized spacial score (nSPS) is 10.5. The number of thiazole rings is 1. The first-order valence-electron chi connectivity index (χ1n) is 7.81. The molecule has 1 aromatic heterocycles. The fourth-order valence-electron chi connectivity index (χ4n) is 2.21. The Labute approximate surface area is 158 Å². The van der Waals surface area contributed by atoms with E-state index in [9.17, 15) is 9.59 Å². The third-order valence-electron chi connectivity index (χ3n) is 3.35. The molecule has 8 heteroatoms. The number of anilines is 1. The number of carbonyl (C=O) groups is 2. The quantitative estimate of drug-likeness (QED) is 0.640. The third kappa shape index (κ3) is 4.30. The summed E-state index contributed by atoms with van der Waals surface area (Å²) in [6.45, 7) is 2.06. The molecule has 0 spiro atoms. The number of halogens is 1. The van der Waals surface area contributed by atoms with E-state index in [2.05, 4.69) is 10.3 Å². The first-order chi connectivity index (χ1) is 12.6. The predicted octanol–water partition coefficient (Wildman–Crippen LogP) is 4.14. The number of esters is 1. The van der Waals surface area contributed by atoms with E-state index >= 15 is 0 Å². The van der Waals surface area contributed by atoms with E-state index < -0.39 is 18.5 Å². The van der Waals surface area contributed by atoms with E-state index in [0.29, 0.717) is 11.7 Å². The molecule has 26 heavy (non-hydrogen) atoms. The summed E-state index contributed by atoms with van der Waals surface area (Å²) in [5, 5.41) is 3.32. The molecule has 1 heterocycles. The number of hydrogen-bond acceptors (Lipinski definition) is 6. The van der Waals surface area contributed by atoms with Gasteiger partial charge in [0.2, 0.25) is 0 Å². The second kappa shape index (κ2) is 8.16. The maximum Gasteiger partial charge on any atom is 0.340 e. The lowest BCUT2D eigenvalue weighted by Crippen LogP contribution is -2.20. The van der Waals surface area contributed by atoms with Crippen molar-refractivity contribution in [2.24, 2.45) is 0 Å². The van der Waals surface area contributed by atoms with Crippen LogP contribution in [0.2, 0.25) is 5.02 Å². The van der Waals surface area contributed by atoms with Crippen molar-refractivity contribution < 1.29 is 19.1 Å². The van der Waals surface area contributed by atoms with Crippen molar-refractivity contribution >= 4 is 50.2 Å². The van der Waals surface area contributed by atoms with Gasteiger partial charge in [0.05, 0.1) is 27.4 Å². The molecular formula is C18H15ClN2O4S. The maximum absolute atomic E-state index is 12.0. The van der Waals surface area contributed by atoms with Gasteiger partial charge < -0.3 is 9.47 Å². The zero-order valence-electron chi connectivity index (χ0n) is 13.8. The molecule has 0 radical (unpaired) electrons. The van der Waals surface area contributed by atoms with E-state index in [1.54, 1.807) is 18.2 Å². The van der Waals surface area contributed by atoms with Gasteiger partial charge in [-0.05, 0) is 37.3 Å². The fourth-order valence-corrected chi connectivity index (χ4v) is 3.33. The topological polar surface area (TPSA) is 77.5 Å². The fraction of sp³-hybridized carbons (Fsp3) is 0.167. The number of aromatic nitrogens is 1. The van der Waals surface area contributed by atoms with Gasteiger partial charge in [-0.2, -0.15) is 0 Å². The summed E-state index contributed by atoms with van der Waals surface area (Å²) in [6.07, 6.45) is 0. The highest BCUT2D eigenvalue weighted by Crippen LogP contribution is 2.29. The zero-order valence-corrected chi connectivity index (χ0v) is 15.4. The van der Waals surface area contributed by atoms with Crippen LogP contribution in [0.5, 0.6) is 5.75 Å². The Morgan fingerprint density at radius 2 is 2.04 bits per heavy atom. The van der Waals surface area contributed by atoms with Crippen molar-refractivity contribution in [3.8, 4) is 5.75 Å². The number of carbonyl (C=O) groups excluding carboxylic acids is 2. The summed E-state index contributed by atoms with van der Waals surface area (Å²) < 4.78 is 11.3. The number of ether oxygens (including phenoxy) is 2. The van der Waals surface area contributed by atoms with E-state index in [0.717, 1.165) is 16.0 Å². The molecule has 1 N–H and O–H groups in total. The Kier molecular flexibility index (Phi) is 5.70. The molecule has 1 amide bonds. The molecule has 3 aromatic rings. The number of hydrogen-bond donors (Lipinski definition) is 1. The second-order valence-electron chi connectivity index (χ2n) is 5.19. The van der Waals surface area contributed by atoms with Gasteiger partial charge in [-0.1, -0.05) is 35.1 Å². The van der Waals surface area contributed by atoms with E-state index in [-0.39, 0.29) is 10.6 Å². The Hall–Kier alpha value is -2.64. The molecule has 134 valence electrons. The Morgan fingerprint density at radius 1 is 1.23 bits per heavy atom. The van der Waals surface area contributed by atoms with Crippen LogP contribution in [0.3, 0.4) is 0 Å². The van der Waals surface area contributed by atoms with Crippen molar-refractivity contribution in [2.75, 3.05) is 18.5 Å². The minimum absolute atomic E-state index is 0.213. The molecule has 2 aromatic carbocycles. The lowest BCUT2D eigenvalue weighted by atomic mass is 10.2. The Morgan fingerprint density at radius 3 is 2.81 bits per heavy atom. The van der Waals surface area contributed by atoms with Crippen molar-refractivity contribution in [1.29, 1.82) is 0 Å². The first-order valence-corrected chi connectivity index (χ1v) is 9.01. The van der Waals surface area contributed by atoms with Gasteiger partial charge >= 0.3 is 5.97 Å². The molecule has 0 aliphatic carbocycles. The highest BCUT2D eigenvalue weighted by molar-refractivity contribution is 7.22. The molecule has 0 unspecified atom stereocenters. The van der Waals surface area contributed by atoms with Crippen LogP contribution < -0.4 is 10.1 Å². The van der Waals surface area contributed by atoms with Gasteiger partial charge in [0.1, 0.15) is 5.75 Å². The van der Waals surface area contributed by atoms with Crippen molar-refractivity contribution in [1.82, 2.24) is 4.98 Å². The molecule has 0 aliphatic heterocycles. The van der Waals surface area contributed by atoms with Crippen LogP contribution in [0.25, 0.3) is 10.2 Å². The largest absolute Gasteiger partial charge is 0.494 e. The van der Waals surface area contributed by atoms with Gasteiger partial charge in [0, 0.05) is 0 Å². The summed E-state index contributed by atoms with van der Waals surface area (Å²) in [4.78, 5) is 28.3. The van der Waals surface area contributed by atoms with Crippen LogP contribution in [-0.4, -0.2) is 30.1 Å². The Balaban J connectivity index is 1.60. The van der Waals surface area contributed by atoms with E-state index in [4.69, 9.17) is 21.1 Å². The molecule has 0 saturated heterocycles. The van der Waals surface area contributed by atoms with Crippen LogP contribution in [0, 0.1) is 0 Å². The minimum Gasteiger partial charge on any atom is -0.494 e. The van der Waals surface area contributed by atoms with Crippen LogP contribution in [0.1, 0.15) is 17.3 Å². The van der Waals surface area contributed by atoms with Crippen LogP contribution >= 0.6 is 22.9 Å². The molecule has 0 bridgehead atoms. The number of rotatable bonds is 6. The molecule has 6 nitrogen and oxygen atoms in total. The summed E-state index contributed by atoms with van der Waals surface area (Å²) >= 11 is 7.24. The molecule has 0 saturated carbocycles. The number of benzene rings is 2. The van der Waals surface area contributed by atoms with Crippen molar-refractivity contribution in [2.45, 2.75) is 6.92 Å². The smallest absolute Gasteiger partial charge is 0.340 e. The van der Waals surface area contributed by atoms with E-state index in [1.165, 1.54) is 17.4 Å². The van der Waals surface area contributed by atoms with Crippen molar-refractivity contribution in [3.05, 3.63) is 53.1 Å². The van der Waals surface area contributed by atoms with Crippen LogP contribution in [0.15, 0.2) is 42.5 Å². The van der Waals surface area contributed by atoms with Crippen LogP contribution in [0.4, 0.5) is 5.13 Å². The lowest BCUT2D eigenvalue weighted by Gasteiger charge is -2.05. The monoisotopic (exact) mass is 390 g/mol. The Bertz CT molecular complexity index is 957. The summed E-state index contributed by atoms with van der Waals surface area (Å²) in [7, 11) is 0. The van der Waals surface area contributed by atoms with Gasteiger partial charge in [-0.3, -0.25) is 10.1 Å². The predicted molar refractivity (Wildman–Crippen MR) is 101 cm³/mol. The van der Waals surface area contributed by atoms with E-state index in [1.807, 2.05) is 25.1 Å². The second-order valence-corrected chi connectivity index (χ2v) is 6.62. The summed E-state index contributed by atoms with van der Waals surface area (Å²) in [5.74, 6) is -0.388. The average Bonchev–Trinajstić information content (AvgIpc) is 3.02. The number of nitrogens with one attached hydrogen (secondary N) is 1. The number of fused-ring (bicyclic) bond motifs is 1. The highest BCUT2D eigenvalue weighted by atomic mass is 35.5. The van der Waals surface area contributed by atoms with Crippen molar-refractivity contribution in [3.63, 3.8) is 0 Å². The number of nitrogens with zero attached hydrogens (tertiary/aromatic N) is 1. The lowest BCUT2D eigenvalue weighted by molar-refractivity contribution is -0.119. The SMILES string of the molecule is CCOc1ccc2nc(NC(=O)COC(=O)c3ccccc3Cl)sc2c1. The van der Waals surface area contributed by atoms with Gasteiger partial charge in [0.15, 0.2) is 11.7 Å². The van der Waals surface area contributed by atoms with Gasteiger partial charge in [-0.15, -0.1) is 0 Å². The molecule has 0 aliphatic rings. The van der Waals surface area contributed by atoms with Gasteiger partial charge in [0.25, 0.3) is 5.91 Å². The zero-order chi connectivity index (χ0) is 18.5. The third-order valence-corrected chi connectivity index (χ3v) is 4.61.